The Balaban J connectivity index is 1.88. The molecule has 172 valence electrons. The Bertz CT molecular complexity index is 1100. The number of carbonyl (C=O) groups is 2. The third-order valence-electron chi connectivity index (χ3n) is 4.98. The molecule has 0 radical (unpaired) electrons. The summed E-state index contributed by atoms with van der Waals surface area (Å²) in [7, 11) is -3.70. The van der Waals surface area contributed by atoms with Crippen molar-refractivity contribution < 1.29 is 22.7 Å². The van der Waals surface area contributed by atoms with E-state index >= 15 is 0 Å². The van der Waals surface area contributed by atoms with Gasteiger partial charge in [0, 0.05) is 18.0 Å². The zero-order valence-electron chi connectivity index (χ0n) is 18.3. The van der Waals surface area contributed by atoms with Crippen molar-refractivity contribution in [1.82, 2.24) is 4.31 Å². The molecule has 2 aromatic rings. The zero-order chi connectivity index (χ0) is 23.3. The van der Waals surface area contributed by atoms with Gasteiger partial charge < -0.3 is 15.0 Å². The summed E-state index contributed by atoms with van der Waals surface area (Å²) in [5, 5.41) is 2.78. The minimum Gasteiger partial charge on any atom is -0.492 e. The van der Waals surface area contributed by atoms with E-state index in [-0.39, 0.29) is 23.1 Å². The number of para-hydroxylation sites is 2. The van der Waals surface area contributed by atoms with Crippen LogP contribution in [0.4, 0.5) is 11.4 Å². The van der Waals surface area contributed by atoms with Crippen molar-refractivity contribution in [1.29, 1.82) is 0 Å². The lowest BCUT2D eigenvalue weighted by Crippen LogP contribution is -2.41. The summed E-state index contributed by atoms with van der Waals surface area (Å²) < 4.78 is 32.8. The molecule has 8 nitrogen and oxygen atoms in total. The van der Waals surface area contributed by atoms with Crippen molar-refractivity contribution in [2.24, 2.45) is 0 Å². The number of thioether (sulfide) groups is 1. The summed E-state index contributed by atoms with van der Waals surface area (Å²) in [5.74, 6) is 0.0585. The minimum absolute atomic E-state index is 0.0994. The first kappa shape index (κ1) is 24.1. The number of hydrogen-bond donors (Lipinski definition) is 1. The van der Waals surface area contributed by atoms with E-state index in [9.17, 15) is 18.0 Å². The lowest BCUT2D eigenvalue weighted by molar-refractivity contribution is -0.120. The predicted octanol–water partition coefficient (Wildman–Crippen LogP) is 3.19. The fraction of sp³-hybridized carbons (Fsp3) is 0.364. The van der Waals surface area contributed by atoms with Gasteiger partial charge in [-0.2, -0.15) is 4.31 Å². The maximum atomic E-state index is 13.0. The second-order valence-corrected chi connectivity index (χ2v) is 9.92. The van der Waals surface area contributed by atoms with Gasteiger partial charge in [-0.1, -0.05) is 26.0 Å². The van der Waals surface area contributed by atoms with Gasteiger partial charge in [-0.15, -0.1) is 11.8 Å². The largest absolute Gasteiger partial charge is 0.492 e. The van der Waals surface area contributed by atoms with Crippen molar-refractivity contribution in [3.8, 4) is 5.75 Å². The first-order chi connectivity index (χ1) is 15.3. The van der Waals surface area contributed by atoms with Crippen LogP contribution in [0.2, 0.25) is 0 Å². The smallest absolute Gasteiger partial charge is 0.244 e. The highest BCUT2D eigenvalue weighted by atomic mass is 32.2. The van der Waals surface area contributed by atoms with Gasteiger partial charge in [0.05, 0.1) is 28.6 Å². The van der Waals surface area contributed by atoms with Crippen molar-refractivity contribution in [3.63, 3.8) is 0 Å². The standard InChI is InChI=1S/C22H27N3O5S2/c1-4-24(5-2)32(28,29)16-11-12-20-18(13-16)25(22(27)15-31-20)14-21(26)23-17-9-7-8-10-19(17)30-6-3/h7-13H,4-6,14-15H2,1-3H3,(H,23,26). The molecule has 0 spiro atoms. The molecule has 2 amide bonds. The molecule has 32 heavy (non-hydrogen) atoms. The molecule has 2 aromatic carbocycles. The minimum atomic E-state index is -3.70. The lowest BCUT2D eigenvalue weighted by atomic mass is 10.2. The molecule has 0 unspecified atom stereocenters. The number of nitrogens with one attached hydrogen (secondary N) is 1. The summed E-state index contributed by atoms with van der Waals surface area (Å²) in [6.45, 7) is 6.30. The number of hydrogen-bond acceptors (Lipinski definition) is 6. The van der Waals surface area contributed by atoms with Gasteiger partial charge in [0.15, 0.2) is 0 Å². The van der Waals surface area contributed by atoms with Crippen molar-refractivity contribution >= 4 is 45.0 Å². The van der Waals surface area contributed by atoms with E-state index in [0.29, 0.717) is 36.8 Å². The predicted molar refractivity (Wildman–Crippen MR) is 126 cm³/mol. The maximum absolute atomic E-state index is 13.0. The molecule has 0 bridgehead atoms. The molecule has 1 heterocycles. The Labute approximate surface area is 193 Å². The zero-order valence-corrected chi connectivity index (χ0v) is 20.0. The molecular formula is C22H27N3O5S2. The highest BCUT2D eigenvalue weighted by Gasteiger charge is 2.30. The molecule has 10 heteroatoms. The monoisotopic (exact) mass is 477 g/mol. The molecule has 0 saturated heterocycles. The number of ether oxygens (including phenoxy) is 1. The van der Waals surface area contributed by atoms with Gasteiger partial charge in [-0.3, -0.25) is 9.59 Å². The average Bonchev–Trinajstić information content (AvgIpc) is 2.77. The second-order valence-electron chi connectivity index (χ2n) is 6.96. The summed E-state index contributed by atoms with van der Waals surface area (Å²) >= 11 is 1.33. The van der Waals surface area contributed by atoms with Crippen LogP contribution in [0.3, 0.4) is 0 Å². The van der Waals surface area contributed by atoms with E-state index in [4.69, 9.17) is 4.74 Å². The van der Waals surface area contributed by atoms with Crippen LogP contribution in [0.1, 0.15) is 20.8 Å². The number of nitrogens with zero attached hydrogens (tertiary/aromatic N) is 2. The topological polar surface area (TPSA) is 96.0 Å². The summed E-state index contributed by atoms with van der Waals surface area (Å²) in [5.41, 5.74) is 0.934. The summed E-state index contributed by atoms with van der Waals surface area (Å²) in [6.07, 6.45) is 0. The highest BCUT2D eigenvalue weighted by Crippen LogP contribution is 2.37. The van der Waals surface area contributed by atoms with E-state index in [1.807, 2.05) is 6.92 Å². The average molecular weight is 478 g/mol. The van der Waals surface area contributed by atoms with Gasteiger partial charge in [0.2, 0.25) is 21.8 Å². The molecular weight excluding hydrogens is 450 g/mol. The van der Waals surface area contributed by atoms with Crippen LogP contribution in [0, 0.1) is 0 Å². The molecule has 3 rings (SSSR count). The molecule has 0 aliphatic carbocycles. The maximum Gasteiger partial charge on any atom is 0.244 e. The Morgan fingerprint density at radius 3 is 2.56 bits per heavy atom. The molecule has 1 N–H and O–H groups in total. The molecule has 0 fully saturated rings. The number of benzene rings is 2. The van der Waals surface area contributed by atoms with Crippen molar-refractivity contribution in [2.75, 3.05) is 42.2 Å². The van der Waals surface area contributed by atoms with Gasteiger partial charge in [-0.05, 0) is 37.3 Å². The van der Waals surface area contributed by atoms with E-state index in [2.05, 4.69) is 5.32 Å². The fourth-order valence-corrected chi connectivity index (χ4v) is 5.81. The van der Waals surface area contributed by atoms with Crippen LogP contribution in [0.25, 0.3) is 0 Å². The third-order valence-corrected chi connectivity index (χ3v) is 8.07. The number of rotatable bonds is 9. The molecule has 1 aliphatic rings. The number of carbonyl (C=O) groups excluding carboxylic acids is 2. The highest BCUT2D eigenvalue weighted by molar-refractivity contribution is 8.00. The van der Waals surface area contributed by atoms with E-state index in [0.717, 1.165) is 4.90 Å². The van der Waals surface area contributed by atoms with Crippen molar-refractivity contribution in [2.45, 2.75) is 30.6 Å². The number of sulfonamides is 1. The summed E-state index contributed by atoms with van der Waals surface area (Å²) in [6, 6.07) is 11.8. The molecule has 1 aliphatic heterocycles. The van der Waals surface area contributed by atoms with Crippen LogP contribution in [-0.2, 0) is 19.6 Å². The first-order valence-electron chi connectivity index (χ1n) is 10.4. The van der Waals surface area contributed by atoms with E-state index in [1.165, 1.54) is 27.0 Å². The number of amides is 2. The quantitative estimate of drug-likeness (QED) is 0.596. The first-order valence-corrected chi connectivity index (χ1v) is 12.8. The lowest BCUT2D eigenvalue weighted by Gasteiger charge is -2.29. The van der Waals surface area contributed by atoms with Gasteiger partial charge in [-0.25, -0.2) is 8.42 Å². The normalized spacial score (nSPS) is 13.8. The van der Waals surface area contributed by atoms with E-state index < -0.39 is 15.9 Å². The second kappa shape index (κ2) is 10.4. The Morgan fingerprint density at radius 2 is 1.88 bits per heavy atom. The van der Waals surface area contributed by atoms with Gasteiger partial charge in [0.1, 0.15) is 12.3 Å². The van der Waals surface area contributed by atoms with Crippen molar-refractivity contribution in [3.05, 3.63) is 42.5 Å². The van der Waals surface area contributed by atoms with Crippen LogP contribution < -0.4 is 15.0 Å². The Morgan fingerprint density at radius 1 is 1.16 bits per heavy atom. The number of fused-ring (bicyclic) bond motifs is 1. The third kappa shape index (κ3) is 5.08. The van der Waals surface area contributed by atoms with Crippen LogP contribution in [0.15, 0.2) is 52.3 Å². The molecule has 0 atom stereocenters. The Hall–Kier alpha value is -2.56. The van der Waals surface area contributed by atoms with Crippen LogP contribution in [0.5, 0.6) is 5.75 Å². The summed E-state index contributed by atoms with van der Waals surface area (Å²) in [4.78, 5) is 27.6. The SMILES string of the molecule is CCOc1ccccc1NC(=O)CN1C(=O)CSc2ccc(S(=O)(=O)N(CC)CC)cc21. The molecule has 0 aromatic heterocycles. The van der Waals surface area contributed by atoms with E-state index in [1.54, 1.807) is 50.2 Å². The number of anilines is 2. The molecule has 0 saturated carbocycles. The Kier molecular flexibility index (Phi) is 7.81. The van der Waals surface area contributed by atoms with Gasteiger partial charge in [0.25, 0.3) is 0 Å². The van der Waals surface area contributed by atoms with Crippen LogP contribution in [-0.4, -0.2) is 56.5 Å². The van der Waals surface area contributed by atoms with Gasteiger partial charge >= 0.3 is 0 Å². The van der Waals surface area contributed by atoms with Crippen LogP contribution >= 0.6 is 11.8 Å². The fourth-order valence-electron chi connectivity index (χ4n) is 3.41.